The Kier molecular flexibility index (Phi) is 8.88. The topological polar surface area (TPSA) is 191 Å². The molecule has 176 valence electrons. The Morgan fingerprint density at radius 3 is 2.53 bits per heavy atom. The molecule has 3 rings (SSSR count). The van der Waals surface area contributed by atoms with Crippen LogP contribution in [0.25, 0.3) is 0 Å². The molecule has 0 aliphatic carbocycles. The van der Waals surface area contributed by atoms with Gasteiger partial charge < -0.3 is 16.1 Å². The van der Waals surface area contributed by atoms with Crippen LogP contribution >= 0.6 is 0 Å². The number of aliphatic hydroxyl groups is 1. The van der Waals surface area contributed by atoms with Crippen LogP contribution in [0.2, 0.25) is 0 Å². The van der Waals surface area contributed by atoms with Gasteiger partial charge in [-0.3, -0.25) is 24.3 Å². The summed E-state index contributed by atoms with van der Waals surface area (Å²) in [5, 5.41) is 18.2. The molecule has 2 aromatic carbocycles. The second kappa shape index (κ2) is 11.0. The third-order valence-electron chi connectivity index (χ3n) is 4.58. The summed E-state index contributed by atoms with van der Waals surface area (Å²) in [6, 6.07) is 9.47. The van der Waals surface area contributed by atoms with Crippen molar-refractivity contribution in [2.75, 3.05) is 0 Å². The molecule has 1 heterocycles. The van der Waals surface area contributed by atoms with Gasteiger partial charge in [0.15, 0.2) is 5.25 Å². The van der Waals surface area contributed by atoms with E-state index in [2.05, 4.69) is 0 Å². The molecule has 34 heavy (non-hydrogen) atoms. The molecule has 0 radical (unpaired) electrons. The van der Waals surface area contributed by atoms with E-state index in [1.54, 1.807) is 0 Å². The van der Waals surface area contributed by atoms with Crippen LogP contribution in [-0.2, 0) is 37.8 Å². The number of nitro groups is 1. The van der Waals surface area contributed by atoms with Crippen LogP contribution in [0.1, 0.15) is 29.3 Å². The normalized spacial score (nSPS) is 15.6. The zero-order valence-corrected chi connectivity index (χ0v) is 20.4. The predicted molar refractivity (Wildman–Crippen MR) is 108 cm³/mol. The van der Waals surface area contributed by atoms with Crippen molar-refractivity contribution in [1.29, 1.82) is 0 Å². The molecule has 0 bridgehead atoms. The number of aliphatic hydroxyl groups excluding tert-OH is 1. The molecule has 15 heteroatoms. The number of ether oxygens (including phenoxy) is 1. The number of rotatable bonds is 8. The summed E-state index contributed by atoms with van der Waals surface area (Å²) in [5.41, 5.74) is 0.222. The van der Waals surface area contributed by atoms with Crippen molar-refractivity contribution in [3.05, 3.63) is 69.3 Å². The van der Waals surface area contributed by atoms with Crippen LogP contribution in [0.3, 0.4) is 0 Å². The van der Waals surface area contributed by atoms with Crippen molar-refractivity contribution in [2.45, 2.75) is 24.9 Å². The molecule has 2 aromatic rings. The van der Waals surface area contributed by atoms with Crippen molar-refractivity contribution < 1.29 is 77.9 Å². The van der Waals surface area contributed by atoms with Crippen molar-refractivity contribution >= 4 is 33.6 Å². The third-order valence-corrected chi connectivity index (χ3v) is 5.67. The van der Waals surface area contributed by atoms with E-state index in [4.69, 9.17) is 14.1 Å². The van der Waals surface area contributed by atoms with E-state index in [1.807, 2.05) is 0 Å². The molecule has 0 spiro atoms. The van der Waals surface area contributed by atoms with Crippen LogP contribution in [-0.4, -0.2) is 51.1 Å². The first-order chi connectivity index (χ1) is 15.5. The van der Waals surface area contributed by atoms with Gasteiger partial charge in [0.2, 0.25) is 0 Å². The summed E-state index contributed by atoms with van der Waals surface area (Å²) in [7, 11) is -4.85. The molecule has 1 fully saturated rings. The largest absolute Gasteiger partial charge is 1.00 e. The summed E-state index contributed by atoms with van der Waals surface area (Å²) in [6.07, 6.45) is -0.862. The summed E-state index contributed by atoms with van der Waals surface area (Å²) in [4.78, 5) is 51.1. The fourth-order valence-corrected chi connectivity index (χ4v) is 3.66. The molecule has 1 atom stereocenters. The number of hydroxylamine groups is 2. The molecule has 13 nitrogen and oxygen atoms in total. The zero-order chi connectivity index (χ0) is 24.3. The summed E-state index contributed by atoms with van der Waals surface area (Å²) >= 11 is 0. The number of carbonyl (C=O) groups is 3. The maximum absolute atomic E-state index is 12.3. The Morgan fingerprint density at radius 1 is 1.24 bits per heavy atom. The second-order valence-electron chi connectivity index (χ2n) is 6.81. The quantitative estimate of drug-likeness (QED) is 0.131. The minimum Gasteiger partial charge on any atom is -1.00 e. The Bertz CT molecular complexity index is 1260. The van der Waals surface area contributed by atoms with Crippen LogP contribution in [0, 0.1) is 10.1 Å². The minimum atomic E-state index is -4.85. The van der Waals surface area contributed by atoms with Gasteiger partial charge in [0, 0.05) is 6.07 Å². The SMILES string of the molecule is O=C(ON1C(=O)CC(S(=O)(=O)O)C1=O)c1cccc(OCc2ccc([N+](=O)[O-])c(CO)c2)c1.[H-].[Na+]. The van der Waals surface area contributed by atoms with Crippen LogP contribution < -0.4 is 34.3 Å². The Balaban J connectivity index is 0.00000306. The second-order valence-corrected chi connectivity index (χ2v) is 8.41. The maximum atomic E-state index is 12.3. The number of benzene rings is 2. The van der Waals surface area contributed by atoms with Gasteiger partial charge in [-0.1, -0.05) is 6.07 Å². The first kappa shape index (κ1) is 27.4. The van der Waals surface area contributed by atoms with E-state index in [-0.39, 0.29) is 65.2 Å². The molecule has 1 aliphatic rings. The van der Waals surface area contributed by atoms with Crippen molar-refractivity contribution in [3.63, 3.8) is 0 Å². The van der Waals surface area contributed by atoms with Gasteiger partial charge in [-0.2, -0.15) is 8.42 Å². The fraction of sp³-hybridized carbons (Fsp3) is 0.211. The Morgan fingerprint density at radius 2 is 1.94 bits per heavy atom. The van der Waals surface area contributed by atoms with E-state index >= 15 is 0 Å². The zero-order valence-electron chi connectivity index (χ0n) is 18.6. The van der Waals surface area contributed by atoms with Crippen LogP contribution in [0.15, 0.2) is 42.5 Å². The molecular weight excluding hydrogens is 487 g/mol. The van der Waals surface area contributed by atoms with Gasteiger partial charge in [-0.25, -0.2) is 4.79 Å². The Hall–Kier alpha value is -2.88. The van der Waals surface area contributed by atoms with Crippen molar-refractivity contribution in [1.82, 2.24) is 5.06 Å². The van der Waals surface area contributed by atoms with Gasteiger partial charge in [0.25, 0.3) is 27.6 Å². The van der Waals surface area contributed by atoms with E-state index < -0.39 is 51.1 Å². The average molecular weight is 504 g/mol. The standard InChI is InChI=1S/C19H16N2O11S.Na.H/c22-9-13-6-11(4-5-15(13)21(26)27)10-31-14-3-1-2-12(7-14)19(25)32-20-17(23)8-16(18(20)24)33(28,29)30;;/h1-7,16,22H,8-10H2,(H,28,29,30);;/q;+1;-1. The molecule has 0 aromatic heterocycles. The van der Waals surface area contributed by atoms with Crippen LogP contribution in [0.5, 0.6) is 5.75 Å². The fourth-order valence-electron chi connectivity index (χ4n) is 2.96. The van der Waals surface area contributed by atoms with Gasteiger partial charge in [-0.15, -0.1) is 5.06 Å². The number of hydrogen-bond acceptors (Lipinski definition) is 10. The van der Waals surface area contributed by atoms with E-state index in [1.165, 1.54) is 42.5 Å². The molecule has 1 unspecified atom stereocenters. The summed E-state index contributed by atoms with van der Waals surface area (Å²) < 4.78 is 36.9. The number of nitrogens with zero attached hydrogens (tertiary/aromatic N) is 2. The van der Waals surface area contributed by atoms with E-state index in [0.29, 0.717) is 5.56 Å². The van der Waals surface area contributed by atoms with E-state index in [0.717, 1.165) is 0 Å². The van der Waals surface area contributed by atoms with Gasteiger partial charge >= 0.3 is 35.5 Å². The molecule has 1 aliphatic heterocycles. The van der Waals surface area contributed by atoms with Crippen LogP contribution in [0.4, 0.5) is 5.69 Å². The van der Waals surface area contributed by atoms with Gasteiger partial charge in [0.1, 0.15) is 12.4 Å². The monoisotopic (exact) mass is 504 g/mol. The number of imide groups is 1. The summed E-state index contributed by atoms with van der Waals surface area (Å²) in [6.45, 7) is -0.611. The minimum absolute atomic E-state index is 0. The molecule has 2 N–H and O–H groups in total. The maximum Gasteiger partial charge on any atom is 1.00 e. The Labute approximate surface area is 215 Å². The van der Waals surface area contributed by atoms with Gasteiger partial charge in [-0.05, 0) is 35.9 Å². The number of hydrogen-bond donors (Lipinski definition) is 2. The molecule has 0 saturated carbocycles. The van der Waals surface area contributed by atoms with Crippen molar-refractivity contribution in [2.24, 2.45) is 0 Å². The average Bonchev–Trinajstić information content (AvgIpc) is 3.06. The predicted octanol–water partition coefficient (Wildman–Crippen LogP) is -2.13. The molecular formula is C19H17N2NaO11S. The third kappa shape index (κ3) is 6.16. The number of amides is 2. The molecule has 1 saturated heterocycles. The first-order valence-electron chi connectivity index (χ1n) is 9.16. The summed E-state index contributed by atoms with van der Waals surface area (Å²) in [5.74, 6) is -3.48. The smallest absolute Gasteiger partial charge is 1.00 e. The molecule has 2 amide bonds. The van der Waals surface area contributed by atoms with Crippen molar-refractivity contribution in [3.8, 4) is 5.75 Å². The first-order valence-corrected chi connectivity index (χ1v) is 10.7. The number of nitro benzene ring substituents is 1. The van der Waals surface area contributed by atoms with E-state index in [9.17, 15) is 38.0 Å². The number of carbonyl (C=O) groups excluding carboxylic acids is 3. The van der Waals surface area contributed by atoms with Gasteiger partial charge in [0.05, 0.1) is 29.1 Å².